The third-order valence-electron chi connectivity index (χ3n) is 3.11. The lowest BCUT2D eigenvalue weighted by Crippen LogP contribution is -2.40. The third-order valence-corrected chi connectivity index (χ3v) is 3.11. The highest BCUT2D eigenvalue weighted by Crippen LogP contribution is 2.05. The van der Waals surface area contributed by atoms with E-state index in [1.807, 2.05) is 0 Å². The van der Waals surface area contributed by atoms with Crippen LogP contribution in [0.4, 0.5) is 4.39 Å². The monoisotopic (exact) mass is 452 g/mol. The van der Waals surface area contributed by atoms with Crippen molar-refractivity contribution in [3.05, 3.63) is 35.6 Å². The first-order valence-electron chi connectivity index (χ1n) is 7.49. The molecule has 8 heteroatoms. The average Bonchev–Trinajstić information content (AvgIpc) is 2.53. The fraction of sp³-hybridized carbons (Fsp3) is 0.500. The number of ether oxygens (including phenoxy) is 1. The number of amides is 1. The Balaban J connectivity index is 0.00000529. The first kappa shape index (κ1) is 22.6. The number of hydrogen-bond acceptors (Lipinski definition) is 3. The van der Waals surface area contributed by atoms with E-state index >= 15 is 0 Å². The molecule has 24 heavy (non-hydrogen) atoms. The number of carbonyl (C=O) groups excluding carboxylic acids is 1. The molecule has 0 aliphatic rings. The van der Waals surface area contributed by atoms with Gasteiger partial charge in [0.15, 0.2) is 5.96 Å². The van der Waals surface area contributed by atoms with Gasteiger partial charge in [0.2, 0.25) is 5.91 Å². The molecule has 0 saturated heterocycles. The summed E-state index contributed by atoms with van der Waals surface area (Å²) in [6.07, 6.45) is 0.527. The smallest absolute Gasteiger partial charge is 0.243 e. The van der Waals surface area contributed by atoms with Crippen molar-refractivity contribution in [1.29, 1.82) is 0 Å². The lowest BCUT2D eigenvalue weighted by atomic mass is 10.1. The van der Waals surface area contributed by atoms with Crippen LogP contribution in [0.1, 0.15) is 5.56 Å². The average molecular weight is 452 g/mol. The summed E-state index contributed by atoms with van der Waals surface area (Å²) >= 11 is 0. The number of guanidine groups is 1. The Morgan fingerprint density at radius 1 is 1.25 bits per heavy atom. The van der Waals surface area contributed by atoms with Gasteiger partial charge in [-0.05, 0) is 18.1 Å². The maximum Gasteiger partial charge on any atom is 0.243 e. The largest absolute Gasteiger partial charge is 0.383 e. The highest BCUT2D eigenvalue weighted by molar-refractivity contribution is 14.0. The van der Waals surface area contributed by atoms with Gasteiger partial charge in [-0.2, -0.15) is 0 Å². The maximum atomic E-state index is 13.6. The van der Waals surface area contributed by atoms with E-state index in [9.17, 15) is 9.18 Å². The molecule has 0 bridgehead atoms. The molecule has 0 aromatic heterocycles. The van der Waals surface area contributed by atoms with Crippen LogP contribution in [0.3, 0.4) is 0 Å². The topological polar surface area (TPSA) is 66.0 Å². The minimum atomic E-state index is -0.220. The number of halogens is 2. The Morgan fingerprint density at radius 2 is 1.92 bits per heavy atom. The van der Waals surface area contributed by atoms with E-state index in [2.05, 4.69) is 15.6 Å². The van der Waals surface area contributed by atoms with Crippen LogP contribution < -0.4 is 10.6 Å². The molecule has 0 heterocycles. The summed E-state index contributed by atoms with van der Waals surface area (Å²) < 4.78 is 18.5. The summed E-state index contributed by atoms with van der Waals surface area (Å²) in [5.74, 6) is 0.198. The lowest BCUT2D eigenvalue weighted by molar-refractivity contribution is -0.127. The number of likely N-dealkylation sites (N-methyl/N-ethyl adjacent to an activating group) is 1. The first-order chi connectivity index (χ1) is 11.0. The molecule has 0 spiro atoms. The first-order valence-corrected chi connectivity index (χ1v) is 7.49. The van der Waals surface area contributed by atoms with Crippen molar-refractivity contribution in [3.8, 4) is 0 Å². The quantitative estimate of drug-likeness (QED) is 0.270. The minimum absolute atomic E-state index is 0. The molecule has 0 unspecified atom stereocenters. The van der Waals surface area contributed by atoms with Crippen LogP contribution in [0.25, 0.3) is 0 Å². The van der Waals surface area contributed by atoms with Crippen molar-refractivity contribution >= 4 is 35.8 Å². The number of carbonyl (C=O) groups is 1. The molecule has 1 aromatic rings. The number of methoxy groups -OCH3 is 1. The Morgan fingerprint density at radius 3 is 2.54 bits per heavy atom. The Kier molecular flexibility index (Phi) is 12.2. The van der Waals surface area contributed by atoms with E-state index in [1.54, 1.807) is 39.4 Å². The van der Waals surface area contributed by atoms with Crippen LogP contribution in [0, 0.1) is 5.82 Å². The van der Waals surface area contributed by atoms with E-state index in [1.165, 1.54) is 11.0 Å². The molecule has 1 aromatic carbocycles. The third kappa shape index (κ3) is 9.02. The van der Waals surface area contributed by atoms with Gasteiger partial charge in [0.25, 0.3) is 0 Å². The molecule has 2 N–H and O–H groups in total. The van der Waals surface area contributed by atoms with Crippen LogP contribution in [-0.2, 0) is 16.0 Å². The highest BCUT2D eigenvalue weighted by Gasteiger charge is 2.05. The molecule has 6 nitrogen and oxygen atoms in total. The van der Waals surface area contributed by atoms with E-state index in [0.29, 0.717) is 37.6 Å². The fourth-order valence-corrected chi connectivity index (χ4v) is 1.75. The van der Waals surface area contributed by atoms with Gasteiger partial charge in [0, 0.05) is 34.3 Å². The van der Waals surface area contributed by atoms with Crippen molar-refractivity contribution in [2.45, 2.75) is 6.42 Å². The summed E-state index contributed by atoms with van der Waals surface area (Å²) in [6, 6.07) is 6.66. The summed E-state index contributed by atoms with van der Waals surface area (Å²) in [4.78, 5) is 17.3. The number of rotatable bonds is 8. The predicted molar refractivity (Wildman–Crippen MR) is 104 cm³/mol. The fourth-order valence-electron chi connectivity index (χ4n) is 1.75. The zero-order chi connectivity index (χ0) is 17.1. The summed E-state index contributed by atoms with van der Waals surface area (Å²) in [5, 5.41) is 6.16. The van der Waals surface area contributed by atoms with Gasteiger partial charge >= 0.3 is 0 Å². The van der Waals surface area contributed by atoms with Gasteiger partial charge in [-0.15, -0.1) is 24.0 Å². The molecule has 1 rings (SSSR count). The second kappa shape index (κ2) is 12.9. The van der Waals surface area contributed by atoms with E-state index < -0.39 is 0 Å². The molecule has 0 radical (unpaired) electrons. The zero-order valence-corrected chi connectivity index (χ0v) is 16.7. The number of aliphatic imine (C=N–C) groups is 1. The second-order valence-electron chi connectivity index (χ2n) is 5.14. The van der Waals surface area contributed by atoms with E-state index in [-0.39, 0.29) is 42.2 Å². The Bertz CT molecular complexity index is 527. The molecule has 0 saturated carbocycles. The normalized spacial score (nSPS) is 10.8. The van der Waals surface area contributed by atoms with Gasteiger partial charge in [-0.1, -0.05) is 18.2 Å². The van der Waals surface area contributed by atoms with Gasteiger partial charge in [0.1, 0.15) is 12.4 Å². The van der Waals surface area contributed by atoms with Crippen LogP contribution in [0.2, 0.25) is 0 Å². The number of benzene rings is 1. The molecule has 136 valence electrons. The number of nitrogens with zero attached hydrogens (tertiary/aromatic N) is 2. The lowest BCUT2D eigenvalue weighted by Gasteiger charge is -2.13. The molecular formula is C16H26FIN4O2. The summed E-state index contributed by atoms with van der Waals surface area (Å²) in [7, 11) is 4.97. The van der Waals surface area contributed by atoms with Crippen molar-refractivity contribution < 1.29 is 13.9 Å². The molecule has 1 amide bonds. The molecular weight excluding hydrogens is 426 g/mol. The van der Waals surface area contributed by atoms with E-state index in [4.69, 9.17) is 4.74 Å². The van der Waals surface area contributed by atoms with Crippen molar-refractivity contribution in [3.63, 3.8) is 0 Å². The van der Waals surface area contributed by atoms with Crippen molar-refractivity contribution in [1.82, 2.24) is 15.5 Å². The number of hydrogen-bond donors (Lipinski definition) is 2. The van der Waals surface area contributed by atoms with Crippen LogP contribution in [-0.4, -0.2) is 64.2 Å². The van der Waals surface area contributed by atoms with Crippen molar-refractivity contribution in [2.75, 3.05) is 47.4 Å². The minimum Gasteiger partial charge on any atom is -0.383 e. The standard InChI is InChI=1S/C16H25FN4O2.HI/c1-21(2)15(22)12-20-16(19-10-11-23-3)18-9-8-13-6-4-5-7-14(13)17;/h4-7H,8-12H2,1-3H3,(H2,18,19,20);1H. The van der Waals surface area contributed by atoms with Crippen molar-refractivity contribution in [2.24, 2.45) is 4.99 Å². The maximum absolute atomic E-state index is 13.6. The van der Waals surface area contributed by atoms with Gasteiger partial charge in [-0.25, -0.2) is 9.38 Å². The van der Waals surface area contributed by atoms with Crippen LogP contribution in [0.5, 0.6) is 0 Å². The van der Waals surface area contributed by atoms with Gasteiger partial charge in [0.05, 0.1) is 6.61 Å². The summed E-state index contributed by atoms with van der Waals surface area (Å²) in [5.41, 5.74) is 0.639. The molecule has 0 fully saturated rings. The van der Waals surface area contributed by atoms with Crippen LogP contribution in [0.15, 0.2) is 29.3 Å². The van der Waals surface area contributed by atoms with Gasteiger partial charge < -0.3 is 20.3 Å². The highest BCUT2D eigenvalue weighted by atomic mass is 127. The molecule has 0 atom stereocenters. The Hall–Kier alpha value is -1.42. The van der Waals surface area contributed by atoms with Crippen LogP contribution >= 0.6 is 24.0 Å². The second-order valence-corrected chi connectivity index (χ2v) is 5.14. The molecule has 0 aliphatic carbocycles. The predicted octanol–water partition coefficient (Wildman–Crippen LogP) is 1.26. The summed E-state index contributed by atoms with van der Waals surface area (Å²) in [6.45, 7) is 1.65. The number of nitrogens with one attached hydrogen (secondary N) is 2. The zero-order valence-electron chi connectivity index (χ0n) is 14.3. The SMILES string of the molecule is COCCNC(=NCC(=O)N(C)C)NCCc1ccccc1F.I. The van der Waals surface area contributed by atoms with E-state index in [0.717, 1.165) is 0 Å². The Labute approximate surface area is 159 Å². The molecule has 0 aliphatic heterocycles. The van der Waals surface area contributed by atoms with Gasteiger partial charge in [-0.3, -0.25) is 4.79 Å².